The lowest BCUT2D eigenvalue weighted by molar-refractivity contribution is -0.164. The van der Waals surface area contributed by atoms with Crippen LogP contribution in [0.3, 0.4) is 0 Å². The van der Waals surface area contributed by atoms with Crippen LogP contribution in [0.2, 0.25) is 5.02 Å². The number of carbonyl (C=O) groups is 4. The molecule has 374 valence electrons. The molecule has 2 fully saturated rings. The molecule has 5 aromatic rings. The number of β-amino-alcohol motifs (C(OH)–C–C–N with tert-alkyl or cyclic N) is 1. The number of para-hydroxylation sites is 1. The van der Waals surface area contributed by atoms with Crippen molar-refractivity contribution in [1.82, 2.24) is 20.5 Å². The number of benzene rings is 4. The van der Waals surface area contributed by atoms with E-state index in [4.69, 9.17) is 25.8 Å². The lowest BCUT2D eigenvalue weighted by Gasteiger charge is -2.63. The molecule has 2 aliphatic rings. The molecule has 1 saturated carbocycles. The largest absolute Gasteiger partial charge is 0.494 e. The van der Waals surface area contributed by atoms with Crippen molar-refractivity contribution in [1.29, 1.82) is 5.26 Å². The average molecular weight is 1000 g/mol. The van der Waals surface area contributed by atoms with Gasteiger partial charge in [0.05, 0.1) is 45.3 Å². The van der Waals surface area contributed by atoms with Gasteiger partial charge in [0, 0.05) is 54.4 Å². The zero-order chi connectivity index (χ0) is 51.3. The highest BCUT2D eigenvalue weighted by Crippen LogP contribution is 2.55. The summed E-state index contributed by atoms with van der Waals surface area (Å²) in [6.45, 7) is 16.3. The molecule has 1 unspecified atom stereocenters. The second kappa shape index (κ2) is 22.0. The Morgan fingerprint density at radius 2 is 1.65 bits per heavy atom. The number of hydrogen-bond donors (Lipinski definition) is 3. The number of aryl methyl sites for hydroxylation is 2. The topological polar surface area (TPSA) is 180 Å². The average Bonchev–Trinajstić information content (AvgIpc) is 3.96. The molecule has 4 aromatic carbocycles. The summed E-state index contributed by atoms with van der Waals surface area (Å²) in [6.07, 6.45) is 0.198. The van der Waals surface area contributed by atoms with Gasteiger partial charge in [-0.3, -0.25) is 19.2 Å². The first-order chi connectivity index (χ1) is 33.7. The highest BCUT2D eigenvalue weighted by Gasteiger charge is 2.64. The fourth-order valence-electron chi connectivity index (χ4n) is 10.2. The minimum absolute atomic E-state index is 0.00653. The second-order valence-electron chi connectivity index (χ2n) is 20.9. The van der Waals surface area contributed by atoms with Gasteiger partial charge < -0.3 is 34.9 Å². The standard InChI is InChI=1S/C56H64ClN5O8S/c1-34-48(71-33-60-34)37-17-15-35(16-18-37)30-59-50(66)46-27-40(63)31-62(46)51(67)44(54(2,3)4)26-41(64)32-69-47-14-10-9-12-36(47)13-11-25-68-42-22-19-38(20-23-42)49(65)61-52-55(5,6)53(56(52,7)8)70-43-24-21-39(29-58)45(57)28-43/h9-10,12,14-24,28,33,40,44,46,52-53,63H,11,13,25-27,30-32H2,1-8H3,(H,59,66)(H,61,65)/t40-,44?,46+,52?,53?/m1/s1. The van der Waals surface area contributed by atoms with E-state index in [0.717, 1.165) is 27.3 Å². The molecular formula is C56H64ClN5O8S. The van der Waals surface area contributed by atoms with Crippen LogP contribution in [0, 0.1) is 40.4 Å². The maximum atomic E-state index is 14.2. The Bertz CT molecular complexity index is 2740. The number of halogens is 1. The van der Waals surface area contributed by atoms with Crippen LogP contribution in [-0.2, 0) is 27.3 Å². The molecule has 0 bridgehead atoms. The van der Waals surface area contributed by atoms with Gasteiger partial charge in [0.2, 0.25) is 11.8 Å². The van der Waals surface area contributed by atoms with E-state index < -0.39 is 34.3 Å². The first-order valence-electron chi connectivity index (χ1n) is 24.1. The van der Waals surface area contributed by atoms with Crippen molar-refractivity contribution in [2.45, 2.75) is 112 Å². The van der Waals surface area contributed by atoms with Crippen molar-refractivity contribution in [3.8, 4) is 33.8 Å². The third-order valence-electron chi connectivity index (χ3n) is 13.8. The van der Waals surface area contributed by atoms with Gasteiger partial charge in [-0.2, -0.15) is 5.26 Å². The number of aliphatic hydroxyl groups is 1. The molecule has 0 spiro atoms. The molecule has 3 N–H and O–H groups in total. The minimum Gasteiger partial charge on any atom is -0.494 e. The van der Waals surface area contributed by atoms with Crippen LogP contribution >= 0.6 is 22.9 Å². The predicted molar refractivity (Wildman–Crippen MR) is 274 cm³/mol. The molecule has 1 aliphatic carbocycles. The fraction of sp³-hybridized carbons (Fsp3) is 0.429. The molecular weight excluding hydrogens is 938 g/mol. The number of aromatic nitrogens is 1. The van der Waals surface area contributed by atoms with Crippen molar-refractivity contribution < 1.29 is 38.5 Å². The summed E-state index contributed by atoms with van der Waals surface area (Å²) in [4.78, 5) is 61.7. The Labute approximate surface area is 425 Å². The smallest absolute Gasteiger partial charge is 0.251 e. The monoisotopic (exact) mass is 1000 g/mol. The molecule has 1 aliphatic heterocycles. The Hall–Kier alpha value is -6.27. The Morgan fingerprint density at radius 1 is 0.958 bits per heavy atom. The molecule has 7 rings (SSSR count). The van der Waals surface area contributed by atoms with E-state index in [0.29, 0.717) is 52.8 Å². The van der Waals surface area contributed by atoms with Crippen LogP contribution in [-0.4, -0.2) is 82.5 Å². The number of amides is 3. The van der Waals surface area contributed by atoms with Gasteiger partial charge in [-0.15, -0.1) is 11.3 Å². The number of ketones is 1. The van der Waals surface area contributed by atoms with Crippen molar-refractivity contribution in [3.05, 3.63) is 129 Å². The fourth-order valence-corrected chi connectivity index (χ4v) is 11.2. The Morgan fingerprint density at radius 3 is 2.30 bits per heavy atom. The first kappa shape index (κ1) is 52.6. The van der Waals surface area contributed by atoms with Crippen LogP contribution in [0.25, 0.3) is 10.4 Å². The number of nitriles is 1. The number of aliphatic hydroxyl groups excluding tert-OH is 1. The van der Waals surface area contributed by atoms with Crippen LogP contribution in [0.1, 0.15) is 100 Å². The molecule has 0 radical (unpaired) electrons. The number of nitrogens with one attached hydrogen (secondary N) is 2. The van der Waals surface area contributed by atoms with Gasteiger partial charge in [-0.1, -0.05) is 103 Å². The number of hydrogen-bond acceptors (Lipinski definition) is 11. The van der Waals surface area contributed by atoms with E-state index >= 15 is 0 Å². The molecule has 3 atom stereocenters. The van der Waals surface area contributed by atoms with Crippen molar-refractivity contribution >= 4 is 46.4 Å². The summed E-state index contributed by atoms with van der Waals surface area (Å²) < 4.78 is 18.5. The second-order valence-corrected chi connectivity index (χ2v) is 22.2. The van der Waals surface area contributed by atoms with Gasteiger partial charge in [0.25, 0.3) is 5.91 Å². The number of Topliss-reactive ketones (excluding diaryl/α,β-unsaturated/α-hetero) is 1. The van der Waals surface area contributed by atoms with Gasteiger partial charge in [0.1, 0.15) is 42.1 Å². The summed E-state index contributed by atoms with van der Waals surface area (Å²) in [6, 6.07) is 28.5. The maximum absolute atomic E-state index is 14.2. The molecule has 1 aromatic heterocycles. The van der Waals surface area contributed by atoms with Crippen molar-refractivity contribution in [2.75, 3.05) is 19.8 Å². The van der Waals surface area contributed by atoms with E-state index in [1.165, 1.54) is 4.90 Å². The molecule has 2 heterocycles. The lowest BCUT2D eigenvalue weighted by Crippen LogP contribution is -2.74. The third kappa shape index (κ3) is 12.3. The van der Waals surface area contributed by atoms with E-state index in [1.807, 2.05) is 81.7 Å². The molecule has 1 saturated heterocycles. The van der Waals surface area contributed by atoms with E-state index in [2.05, 4.69) is 49.4 Å². The van der Waals surface area contributed by atoms with Crippen LogP contribution < -0.4 is 24.8 Å². The summed E-state index contributed by atoms with van der Waals surface area (Å²) in [7, 11) is 0. The Balaban J connectivity index is 0.863. The van der Waals surface area contributed by atoms with Gasteiger partial charge >= 0.3 is 0 Å². The number of likely N-dealkylation sites (tertiary alicyclic amines) is 1. The predicted octanol–water partition coefficient (Wildman–Crippen LogP) is 9.55. The number of thiazole rings is 1. The maximum Gasteiger partial charge on any atom is 0.251 e. The quantitative estimate of drug-likeness (QED) is 0.0675. The molecule has 15 heteroatoms. The van der Waals surface area contributed by atoms with Crippen molar-refractivity contribution in [2.24, 2.45) is 22.2 Å². The summed E-state index contributed by atoms with van der Waals surface area (Å²) >= 11 is 7.83. The zero-order valence-electron chi connectivity index (χ0n) is 41.7. The minimum atomic E-state index is -0.868. The SMILES string of the molecule is Cc1ncsc1-c1ccc(CNC(=O)[C@@H]2C[C@@H](O)CN2C(=O)C(CC(=O)COc2ccccc2CCCOc2ccc(C(=O)NC3C(C)(C)C(Oc4ccc(C#N)c(Cl)c4)C3(C)C)cc2)C(C)(C)C)cc1. The first-order valence-corrected chi connectivity index (χ1v) is 25.3. The normalized spacial score (nSPS) is 19.4. The lowest BCUT2D eigenvalue weighted by atomic mass is 9.49. The molecule has 13 nitrogen and oxygen atoms in total. The van der Waals surface area contributed by atoms with Crippen molar-refractivity contribution in [3.63, 3.8) is 0 Å². The van der Waals surface area contributed by atoms with Crippen LogP contribution in [0.5, 0.6) is 17.2 Å². The van der Waals surface area contributed by atoms with Crippen LogP contribution in [0.4, 0.5) is 0 Å². The molecule has 3 amide bonds. The summed E-state index contributed by atoms with van der Waals surface area (Å²) in [5.74, 6) is -0.150. The number of nitrogens with zero attached hydrogens (tertiary/aromatic N) is 3. The van der Waals surface area contributed by atoms with Crippen LogP contribution in [0.15, 0.2) is 96.5 Å². The molecule has 71 heavy (non-hydrogen) atoms. The van der Waals surface area contributed by atoms with Gasteiger partial charge in [-0.25, -0.2) is 4.98 Å². The number of ether oxygens (including phenoxy) is 3. The summed E-state index contributed by atoms with van der Waals surface area (Å²) in [5.41, 5.74) is 5.09. The van der Waals surface area contributed by atoms with E-state index in [9.17, 15) is 29.5 Å². The number of rotatable bonds is 19. The van der Waals surface area contributed by atoms with E-state index in [1.54, 1.807) is 53.8 Å². The van der Waals surface area contributed by atoms with Gasteiger partial charge in [0.15, 0.2) is 5.78 Å². The van der Waals surface area contributed by atoms with Gasteiger partial charge in [-0.05, 0) is 84.3 Å². The highest BCUT2D eigenvalue weighted by molar-refractivity contribution is 7.13. The number of carbonyl (C=O) groups excluding carboxylic acids is 4. The summed E-state index contributed by atoms with van der Waals surface area (Å²) in [5, 5.41) is 26.4. The Kier molecular flexibility index (Phi) is 16.3. The zero-order valence-corrected chi connectivity index (χ0v) is 43.3. The highest BCUT2D eigenvalue weighted by atomic mass is 35.5. The third-order valence-corrected chi connectivity index (χ3v) is 15.1. The van der Waals surface area contributed by atoms with E-state index in [-0.39, 0.29) is 68.2 Å².